The lowest BCUT2D eigenvalue weighted by atomic mass is 9.97. The van der Waals surface area contributed by atoms with E-state index >= 15 is 4.39 Å². The third kappa shape index (κ3) is 7.61. The fraction of sp³-hybridized carbons (Fsp3) is 0.194. The molecule has 1 aromatic heterocycles. The summed E-state index contributed by atoms with van der Waals surface area (Å²) in [5.41, 5.74) is -0.460. The van der Waals surface area contributed by atoms with E-state index in [9.17, 15) is 35.1 Å². The van der Waals surface area contributed by atoms with E-state index in [0.29, 0.717) is 29.3 Å². The van der Waals surface area contributed by atoms with Gasteiger partial charge in [-0.2, -0.15) is 22.0 Å². The second-order valence-corrected chi connectivity index (χ2v) is 10.9. The standard InChI is InChI=1S/C36H26F9NO/c1-2-3-4-5-21-6-15-33(46-20-21)23-9-7-22(8-10-23)24-11-13-27(29(37)16-24)25-17-31(39)34(32(40)18-25)36(44,45)47-26-12-14-28(30(38)19-26)35(41,42)43/h6-20H,2-5H2,1H3. The van der Waals surface area contributed by atoms with Gasteiger partial charge >= 0.3 is 12.3 Å². The van der Waals surface area contributed by atoms with Crippen molar-refractivity contribution in [3.05, 3.63) is 131 Å². The minimum Gasteiger partial charge on any atom is -0.429 e. The summed E-state index contributed by atoms with van der Waals surface area (Å²) in [4.78, 5) is 4.53. The number of aromatic nitrogens is 1. The van der Waals surface area contributed by atoms with Crippen LogP contribution in [-0.2, 0) is 18.7 Å². The van der Waals surface area contributed by atoms with Gasteiger partial charge in [-0.1, -0.05) is 62.2 Å². The molecule has 0 N–H and O–H groups in total. The van der Waals surface area contributed by atoms with Crippen molar-refractivity contribution in [1.82, 2.24) is 4.98 Å². The topological polar surface area (TPSA) is 22.1 Å². The fourth-order valence-electron chi connectivity index (χ4n) is 5.08. The number of halogens is 9. The lowest BCUT2D eigenvalue weighted by molar-refractivity contribution is -0.189. The Balaban J connectivity index is 1.33. The third-order valence-electron chi connectivity index (χ3n) is 7.51. The molecule has 0 amide bonds. The molecule has 0 fully saturated rings. The van der Waals surface area contributed by atoms with Crippen molar-refractivity contribution >= 4 is 0 Å². The van der Waals surface area contributed by atoms with Crippen LogP contribution >= 0.6 is 0 Å². The number of aryl methyl sites for hydroxylation is 1. The number of alkyl halides is 5. The summed E-state index contributed by atoms with van der Waals surface area (Å²) in [6.45, 7) is 2.14. The Labute approximate surface area is 264 Å². The molecule has 4 aromatic carbocycles. The van der Waals surface area contributed by atoms with Crippen LogP contribution in [0, 0.1) is 23.3 Å². The van der Waals surface area contributed by atoms with Crippen molar-refractivity contribution < 1.29 is 44.3 Å². The van der Waals surface area contributed by atoms with Crippen LogP contribution in [0.15, 0.2) is 91.1 Å². The second-order valence-electron chi connectivity index (χ2n) is 10.9. The first-order chi connectivity index (χ1) is 22.3. The zero-order chi connectivity index (χ0) is 33.9. The molecule has 0 spiro atoms. The van der Waals surface area contributed by atoms with Gasteiger partial charge in [-0.15, -0.1) is 0 Å². The smallest absolute Gasteiger partial charge is 0.429 e. The minimum absolute atomic E-state index is 0.0226. The summed E-state index contributed by atoms with van der Waals surface area (Å²) in [6, 6.07) is 16.5. The highest BCUT2D eigenvalue weighted by Gasteiger charge is 2.42. The number of rotatable bonds is 10. The van der Waals surface area contributed by atoms with Crippen LogP contribution in [0.25, 0.3) is 33.5 Å². The molecule has 0 aliphatic rings. The molecule has 244 valence electrons. The van der Waals surface area contributed by atoms with E-state index in [0.717, 1.165) is 48.6 Å². The number of hydrogen-bond acceptors (Lipinski definition) is 2. The Kier molecular flexibility index (Phi) is 9.65. The number of hydrogen-bond donors (Lipinski definition) is 0. The Morgan fingerprint density at radius 3 is 1.83 bits per heavy atom. The predicted molar refractivity (Wildman–Crippen MR) is 160 cm³/mol. The maximum Gasteiger partial charge on any atom is 0.432 e. The van der Waals surface area contributed by atoms with Gasteiger partial charge in [0.15, 0.2) is 0 Å². The van der Waals surface area contributed by atoms with Crippen LogP contribution in [0.3, 0.4) is 0 Å². The quantitative estimate of drug-likeness (QED) is 0.110. The predicted octanol–water partition coefficient (Wildman–Crippen LogP) is 11.5. The first-order valence-corrected chi connectivity index (χ1v) is 14.6. The van der Waals surface area contributed by atoms with Crippen LogP contribution in [0.4, 0.5) is 39.5 Å². The molecule has 11 heteroatoms. The van der Waals surface area contributed by atoms with E-state index in [1.54, 1.807) is 12.1 Å². The molecule has 0 aliphatic heterocycles. The number of pyridine rings is 1. The lowest BCUT2D eigenvalue weighted by Crippen LogP contribution is -2.25. The van der Waals surface area contributed by atoms with Gasteiger partial charge in [0.05, 0.1) is 11.3 Å². The Hall–Kier alpha value is -4.80. The normalized spacial score (nSPS) is 12.0. The summed E-state index contributed by atoms with van der Waals surface area (Å²) in [6.07, 6.45) is -3.68. The fourth-order valence-corrected chi connectivity index (χ4v) is 5.08. The summed E-state index contributed by atoms with van der Waals surface area (Å²) in [5.74, 6) is -7.55. The average Bonchev–Trinajstić information content (AvgIpc) is 3.00. The number of unbranched alkanes of at least 4 members (excludes halogenated alkanes) is 2. The van der Waals surface area contributed by atoms with Crippen LogP contribution < -0.4 is 4.74 Å². The van der Waals surface area contributed by atoms with Crippen LogP contribution in [0.1, 0.15) is 42.9 Å². The van der Waals surface area contributed by atoms with Gasteiger partial charge in [-0.3, -0.25) is 4.98 Å². The maximum atomic E-state index is 15.2. The van der Waals surface area contributed by atoms with Crippen LogP contribution in [-0.4, -0.2) is 4.98 Å². The third-order valence-corrected chi connectivity index (χ3v) is 7.51. The average molecular weight is 660 g/mol. The van der Waals surface area contributed by atoms with Crippen LogP contribution in [0.5, 0.6) is 5.75 Å². The zero-order valence-electron chi connectivity index (χ0n) is 24.7. The van der Waals surface area contributed by atoms with Gasteiger partial charge < -0.3 is 4.74 Å². The molecule has 0 bridgehead atoms. The van der Waals surface area contributed by atoms with E-state index in [1.807, 2.05) is 30.5 Å². The van der Waals surface area contributed by atoms with Gasteiger partial charge in [0.25, 0.3) is 0 Å². The van der Waals surface area contributed by atoms with Gasteiger partial charge in [-0.05, 0) is 71.5 Å². The molecule has 0 radical (unpaired) electrons. The molecule has 0 unspecified atom stereocenters. The minimum atomic E-state index is -5.10. The van der Waals surface area contributed by atoms with Crippen molar-refractivity contribution in [2.24, 2.45) is 0 Å². The van der Waals surface area contributed by atoms with Gasteiger partial charge in [-0.25, -0.2) is 17.6 Å². The zero-order valence-corrected chi connectivity index (χ0v) is 24.7. The molecular weight excluding hydrogens is 633 g/mol. The summed E-state index contributed by atoms with van der Waals surface area (Å²) >= 11 is 0. The Morgan fingerprint density at radius 2 is 1.26 bits per heavy atom. The number of nitrogens with zero attached hydrogens (tertiary/aromatic N) is 1. The first-order valence-electron chi connectivity index (χ1n) is 14.6. The molecule has 0 saturated carbocycles. The lowest BCUT2D eigenvalue weighted by Gasteiger charge is -2.20. The number of ether oxygens (including phenoxy) is 1. The van der Waals surface area contributed by atoms with E-state index in [1.165, 1.54) is 12.1 Å². The molecule has 0 saturated heterocycles. The van der Waals surface area contributed by atoms with Crippen molar-refractivity contribution in [2.45, 2.75) is 44.9 Å². The molecule has 0 atom stereocenters. The van der Waals surface area contributed by atoms with E-state index in [4.69, 9.17) is 0 Å². The van der Waals surface area contributed by atoms with Crippen molar-refractivity contribution in [1.29, 1.82) is 0 Å². The molecule has 2 nitrogen and oxygen atoms in total. The number of benzene rings is 4. The molecule has 0 aliphatic carbocycles. The SMILES string of the molecule is CCCCCc1ccc(-c2ccc(-c3ccc(-c4cc(F)c(C(F)(F)Oc5ccc(C(F)(F)F)c(F)c5)c(F)c4)c(F)c3)cc2)nc1. The van der Waals surface area contributed by atoms with Gasteiger partial charge in [0, 0.05) is 23.4 Å². The highest BCUT2D eigenvalue weighted by molar-refractivity contribution is 5.73. The molecule has 5 aromatic rings. The first kappa shape index (κ1) is 33.6. The van der Waals surface area contributed by atoms with E-state index in [-0.39, 0.29) is 17.7 Å². The highest BCUT2D eigenvalue weighted by Crippen LogP contribution is 2.39. The van der Waals surface area contributed by atoms with Crippen molar-refractivity contribution in [2.75, 3.05) is 0 Å². The maximum absolute atomic E-state index is 15.2. The van der Waals surface area contributed by atoms with Crippen molar-refractivity contribution in [3.63, 3.8) is 0 Å². The van der Waals surface area contributed by atoms with Crippen molar-refractivity contribution in [3.8, 4) is 39.3 Å². The van der Waals surface area contributed by atoms with E-state index in [2.05, 4.69) is 16.6 Å². The molecule has 1 heterocycles. The molecular formula is C36H26F9NO. The largest absolute Gasteiger partial charge is 0.432 e. The van der Waals surface area contributed by atoms with Gasteiger partial charge in [0.2, 0.25) is 0 Å². The summed E-state index contributed by atoms with van der Waals surface area (Å²) in [7, 11) is 0. The van der Waals surface area contributed by atoms with E-state index < -0.39 is 58.0 Å². The summed E-state index contributed by atoms with van der Waals surface area (Å²) in [5, 5.41) is 0. The van der Waals surface area contributed by atoms with Gasteiger partial charge in [0.1, 0.15) is 34.6 Å². The Morgan fingerprint density at radius 1 is 0.617 bits per heavy atom. The Bertz CT molecular complexity index is 1850. The molecule has 47 heavy (non-hydrogen) atoms. The summed E-state index contributed by atoms with van der Waals surface area (Å²) < 4.78 is 131. The monoisotopic (exact) mass is 659 g/mol. The molecule has 5 rings (SSSR count). The van der Waals surface area contributed by atoms with Crippen LogP contribution in [0.2, 0.25) is 0 Å². The highest BCUT2D eigenvalue weighted by atomic mass is 19.4. The second kappa shape index (κ2) is 13.5.